The van der Waals surface area contributed by atoms with Crippen molar-refractivity contribution in [3.63, 3.8) is 0 Å². The van der Waals surface area contributed by atoms with Crippen LogP contribution in [0.3, 0.4) is 0 Å². The van der Waals surface area contributed by atoms with Gasteiger partial charge in [-0.1, -0.05) is 17.7 Å². The van der Waals surface area contributed by atoms with E-state index in [2.05, 4.69) is 0 Å². The van der Waals surface area contributed by atoms with E-state index in [0.29, 0.717) is 11.6 Å². The zero-order chi connectivity index (χ0) is 9.47. The van der Waals surface area contributed by atoms with Crippen LogP contribution in [0.15, 0.2) is 18.2 Å². The van der Waals surface area contributed by atoms with Gasteiger partial charge in [0.05, 0.1) is 6.61 Å². The predicted octanol–water partition coefficient (Wildman–Crippen LogP) is 2.30. The summed E-state index contributed by atoms with van der Waals surface area (Å²) in [4.78, 5) is 0. The number of halogens is 1. The molecule has 1 aromatic carbocycles. The SMILES string of the molecule is CC1(N)CCOc2cccc(Cl)c21. The zero-order valence-corrected chi connectivity index (χ0v) is 8.27. The van der Waals surface area contributed by atoms with Crippen molar-refractivity contribution >= 4 is 11.6 Å². The van der Waals surface area contributed by atoms with Crippen LogP contribution in [0.2, 0.25) is 5.02 Å². The van der Waals surface area contributed by atoms with Crippen molar-refractivity contribution in [3.8, 4) is 5.75 Å². The van der Waals surface area contributed by atoms with Gasteiger partial charge in [0.2, 0.25) is 0 Å². The van der Waals surface area contributed by atoms with E-state index in [9.17, 15) is 0 Å². The molecule has 1 unspecified atom stereocenters. The molecule has 0 aromatic heterocycles. The minimum atomic E-state index is -0.355. The molecule has 2 N–H and O–H groups in total. The van der Waals surface area contributed by atoms with Crippen LogP contribution in [-0.4, -0.2) is 6.61 Å². The van der Waals surface area contributed by atoms with Crippen molar-refractivity contribution in [2.24, 2.45) is 5.73 Å². The molecule has 1 aliphatic heterocycles. The van der Waals surface area contributed by atoms with E-state index in [-0.39, 0.29) is 5.54 Å². The first-order chi connectivity index (χ1) is 6.11. The summed E-state index contributed by atoms with van der Waals surface area (Å²) >= 11 is 6.07. The monoisotopic (exact) mass is 197 g/mol. The summed E-state index contributed by atoms with van der Waals surface area (Å²) in [5.74, 6) is 0.823. The van der Waals surface area contributed by atoms with E-state index in [1.165, 1.54) is 0 Å². The Morgan fingerprint density at radius 3 is 3.00 bits per heavy atom. The second-order valence-corrected chi connectivity index (χ2v) is 4.04. The Bertz CT molecular complexity index is 336. The third kappa shape index (κ3) is 1.40. The van der Waals surface area contributed by atoms with Gasteiger partial charge < -0.3 is 10.5 Å². The molecule has 0 aliphatic carbocycles. The molecule has 1 aliphatic rings. The van der Waals surface area contributed by atoms with Gasteiger partial charge in [-0.2, -0.15) is 0 Å². The highest BCUT2D eigenvalue weighted by atomic mass is 35.5. The third-order valence-electron chi connectivity index (χ3n) is 2.43. The quantitative estimate of drug-likeness (QED) is 0.693. The summed E-state index contributed by atoms with van der Waals surface area (Å²) in [7, 11) is 0. The molecule has 13 heavy (non-hydrogen) atoms. The standard InChI is InChI=1S/C10H12ClNO/c1-10(12)5-6-13-8-4-2-3-7(11)9(8)10/h2-4H,5-6,12H2,1H3. The number of nitrogens with two attached hydrogens (primary N) is 1. The largest absolute Gasteiger partial charge is 0.493 e. The van der Waals surface area contributed by atoms with Crippen molar-refractivity contribution in [3.05, 3.63) is 28.8 Å². The molecule has 0 spiro atoms. The van der Waals surface area contributed by atoms with Crippen molar-refractivity contribution < 1.29 is 4.74 Å². The van der Waals surface area contributed by atoms with Gasteiger partial charge in [-0.3, -0.25) is 0 Å². The number of ether oxygens (including phenoxy) is 1. The van der Waals surface area contributed by atoms with E-state index in [1.54, 1.807) is 0 Å². The molecule has 2 nitrogen and oxygen atoms in total. The van der Waals surface area contributed by atoms with Crippen molar-refractivity contribution in [2.45, 2.75) is 18.9 Å². The maximum absolute atomic E-state index is 6.13. The van der Waals surface area contributed by atoms with Gasteiger partial charge in [-0.25, -0.2) is 0 Å². The maximum atomic E-state index is 6.13. The molecule has 1 aromatic rings. The van der Waals surface area contributed by atoms with Crippen LogP contribution < -0.4 is 10.5 Å². The summed E-state index contributed by atoms with van der Waals surface area (Å²) in [5, 5.41) is 0.696. The highest BCUT2D eigenvalue weighted by Gasteiger charge is 2.31. The van der Waals surface area contributed by atoms with E-state index < -0.39 is 0 Å². The molecule has 0 saturated heterocycles. The number of benzene rings is 1. The molecular weight excluding hydrogens is 186 g/mol. The van der Waals surface area contributed by atoms with E-state index >= 15 is 0 Å². The number of hydrogen-bond acceptors (Lipinski definition) is 2. The van der Waals surface area contributed by atoms with Crippen molar-refractivity contribution in [1.82, 2.24) is 0 Å². The fourth-order valence-corrected chi connectivity index (χ4v) is 2.06. The summed E-state index contributed by atoms with van der Waals surface area (Å²) in [6, 6.07) is 5.63. The van der Waals surface area contributed by atoms with Gasteiger partial charge in [-0.15, -0.1) is 0 Å². The molecule has 1 atom stereocenters. The normalized spacial score (nSPS) is 26.4. The minimum absolute atomic E-state index is 0.355. The van der Waals surface area contributed by atoms with Crippen LogP contribution in [0.25, 0.3) is 0 Å². The lowest BCUT2D eigenvalue weighted by Gasteiger charge is -2.32. The molecule has 2 rings (SSSR count). The van der Waals surface area contributed by atoms with Crippen molar-refractivity contribution in [2.75, 3.05) is 6.61 Å². The van der Waals surface area contributed by atoms with Crippen molar-refractivity contribution in [1.29, 1.82) is 0 Å². The summed E-state index contributed by atoms with van der Waals surface area (Å²) in [6.07, 6.45) is 0.809. The van der Waals surface area contributed by atoms with Gasteiger partial charge in [0.1, 0.15) is 5.75 Å². The number of hydrogen-bond donors (Lipinski definition) is 1. The van der Waals surface area contributed by atoms with Crippen LogP contribution in [-0.2, 0) is 5.54 Å². The lowest BCUT2D eigenvalue weighted by Crippen LogP contribution is -2.38. The Morgan fingerprint density at radius 2 is 2.31 bits per heavy atom. The molecule has 3 heteroatoms. The van der Waals surface area contributed by atoms with Crippen LogP contribution >= 0.6 is 11.6 Å². The Balaban J connectivity index is 2.61. The average molecular weight is 198 g/mol. The van der Waals surface area contributed by atoms with E-state index in [1.807, 2.05) is 25.1 Å². The highest BCUT2D eigenvalue weighted by Crippen LogP contribution is 2.39. The second kappa shape index (κ2) is 2.89. The average Bonchev–Trinajstić information content (AvgIpc) is 2.02. The second-order valence-electron chi connectivity index (χ2n) is 3.63. The lowest BCUT2D eigenvalue weighted by molar-refractivity contribution is 0.227. The topological polar surface area (TPSA) is 35.2 Å². The van der Waals surface area contributed by atoms with Gasteiger partial charge >= 0.3 is 0 Å². The summed E-state index contributed by atoms with van der Waals surface area (Å²) < 4.78 is 5.48. The third-order valence-corrected chi connectivity index (χ3v) is 2.74. The number of fused-ring (bicyclic) bond motifs is 1. The summed E-state index contributed by atoms with van der Waals surface area (Å²) in [6.45, 7) is 2.65. The lowest BCUT2D eigenvalue weighted by atomic mass is 9.87. The molecule has 0 saturated carbocycles. The van der Waals surface area contributed by atoms with E-state index in [4.69, 9.17) is 22.1 Å². The first-order valence-electron chi connectivity index (χ1n) is 4.32. The fourth-order valence-electron chi connectivity index (χ4n) is 1.68. The number of rotatable bonds is 0. The Hall–Kier alpha value is -0.730. The van der Waals surface area contributed by atoms with Crippen LogP contribution in [0.1, 0.15) is 18.9 Å². The van der Waals surface area contributed by atoms with E-state index in [0.717, 1.165) is 17.7 Å². The van der Waals surface area contributed by atoms with Crippen LogP contribution in [0, 0.1) is 0 Å². The van der Waals surface area contributed by atoms with Gasteiger partial charge in [0, 0.05) is 22.5 Å². The smallest absolute Gasteiger partial charge is 0.125 e. The molecule has 0 radical (unpaired) electrons. The maximum Gasteiger partial charge on any atom is 0.125 e. The molecule has 0 bridgehead atoms. The zero-order valence-electron chi connectivity index (χ0n) is 7.51. The van der Waals surface area contributed by atoms with Crippen LogP contribution in [0.5, 0.6) is 5.75 Å². The van der Waals surface area contributed by atoms with Gasteiger partial charge in [0.25, 0.3) is 0 Å². The molecule has 70 valence electrons. The molecule has 1 heterocycles. The molecule has 0 fully saturated rings. The predicted molar refractivity (Wildman–Crippen MR) is 53.1 cm³/mol. The van der Waals surface area contributed by atoms with Gasteiger partial charge in [0.15, 0.2) is 0 Å². The summed E-state index contributed by atoms with van der Waals surface area (Å²) in [5.41, 5.74) is 6.70. The minimum Gasteiger partial charge on any atom is -0.493 e. The first-order valence-corrected chi connectivity index (χ1v) is 4.70. The molecule has 0 amide bonds. The van der Waals surface area contributed by atoms with Crippen LogP contribution in [0.4, 0.5) is 0 Å². The Morgan fingerprint density at radius 1 is 1.54 bits per heavy atom. The highest BCUT2D eigenvalue weighted by molar-refractivity contribution is 6.31. The fraction of sp³-hybridized carbons (Fsp3) is 0.400. The molecular formula is C10H12ClNO. The Labute approximate surface area is 82.6 Å². The van der Waals surface area contributed by atoms with Gasteiger partial charge in [-0.05, 0) is 19.1 Å². The Kier molecular flexibility index (Phi) is 1.97. The first kappa shape index (κ1) is 8.85.